The van der Waals surface area contributed by atoms with Gasteiger partial charge in [-0.05, 0) is 30.7 Å². The van der Waals surface area contributed by atoms with Crippen molar-refractivity contribution >= 4 is 29.0 Å². The van der Waals surface area contributed by atoms with Gasteiger partial charge in [-0.2, -0.15) is 26.3 Å². The first-order valence-corrected chi connectivity index (χ1v) is 8.27. The lowest BCUT2D eigenvalue weighted by Crippen LogP contribution is -2.26. The van der Waals surface area contributed by atoms with Crippen molar-refractivity contribution in [2.24, 2.45) is 0 Å². The molecule has 0 aliphatic heterocycles. The Morgan fingerprint density at radius 2 is 1.59 bits per heavy atom. The molecule has 0 aliphatic rings. The number of alkyl halides is 6. The number of carbonyl (C=O) groups is 3. The number of nitrogens with zero attached hydrogens (tertiary/aromatic N) is 1. The minimum Gasteiger partial charge on any atom is -0.475 e. The molecule has 0 saturated heterocycles. The van der Waals surface area contributed by atoms with Crippen molar-refractivity contribution in [1.29, 1.82) is 0 Å². The number of ketones is 1. The second-order valence-corrected chi connectivity index (χ2v) is 6.36. The van der Waals surface area contributed by atoms with Gasteiger partial charge in [-0.1, -0.05) is 6.07 Å². The fourth-order valence-corrected chi connectivity index (χ4v) is 2.57. The number of thiophene rings is 1. The van der Waals surface area contributed by atoms with Gasteiger partial charge < -0.3 is 10.4 Å². The van der Waals surface area contributed by atoms with E-state index in [9.17, 15) is 35.9 Å². The number of halogens is 6. The van der Waals surface area contributed by atoms with Crippen LogP contribution in [-0.2, 0) is 4.79 Å². The highest BCUT2D eigenvalue weighted by Crippen LogP contribution is 2.26. The van der Waals surface area contributed by atoms with Gasteiger partial charge in [-0.3, -0.25) is 14.6 Å². The van der Waals surface area contributed by atoms with Crippen LogP contribution in [0.3, 0.4) is 0 Å². The fraction of sp³-hybridized carbons (Fsp3) is 0.250. The Kier molecular flexibility index (Phi) is 7.88. The lowest BCUT2D eigenvalue weighted by molar-refractivity contribution is -0.192. The molecule has 1 amide bonds. The van der Waals surface area contributed by atoms with Gasteiger partial charge in [-0.15, -0.1) is 11.3 Å². The first-order valence-electron chi connectivity index (χ1n) is 7.45. The zero-order valence-electron chi connectivity index (χ0n) is 14.3. The molecular weight excluding hydrogens is 430 g/mol. The molecule has 2 rings (SSSR count). The summed E-state index contributed by atoms with van der Waals surface area (Å²) in [6, 6.07) is 5.33. The number of Topliss-reactive ketones (excluding diaryl/α,β-unsaturated/α-hetero) is 1. The van der Waals surface area contributed by atoms with Crippen molar-refractivity contribution in [1.82, 2.24) is 10.3 Å². The van der Waals surface area contributed by atoms with E-state index in [2.05, 4.69) is 10.3 Å². The number of aromatic nitrogens is 1. The van der Waals surface area contributed by atoms with E-state index in [-0.39, 0.29) is 10.9 Å². The van der Waals surface area contributed by atoms with Crippen molar-refractivity contribution in [3.63, 3.8) is 0 Å². The quantitative estimate of drug-likeness (QED) is 0.551. The van der Waals surface area contributed by atoms with E-state index in [0.29, 0.717) is 11.3 Å². The standard InChI is InChI=1S/C14H11F3N2O2S.C2HF3O2/c1-8(9-3-2-6-18-7-9)19-13(21)11-5-4-10(22-11)12(20)14(15,16)17;3-2(4,5)1(6)7/h2-8H,1H3,(H,19,21);(H,6,7). The van der Waals surface area contributed by atoms with Crippen LogP contribution in [0.25, 0.3) is 0 Å². The molecule has 2 N–H and O–H groups in total. The molecule has 6 nitrogen and oxygen atoms in total. The molecule has 0 aromatic carbocycles. The SMILES string of the molecule is CC(NC(=O)c1ccc(C(=O)C(F)(F)F)s1)c1cccnc1.O=C(O)C(F)(F)F. The van der Waals surface area contributed by atoms with E-state index in [1.54, 1.807) is 31.5 Å². The molecule has 158 valence electrons. The number of aliphatic carboxylic acids is 1. The molecule has 0 saturated carbocycles. The van der Waals surface area contributed by atoms with E-state index in [4.69, 9.17) is 9.90 Å². The molecule has 13 heteroatoms. The van der Waals surface area contributed by atoms with Gasteiger partial charge in [0.2, 0.25) is 0 Å². The maximum atomic E-state index is 12.3. The lowest BCUT2D eigenvalue weighted by Gasteiger charge is -2.12. The number of amides is 1. The van der Waals surface area contributed by atoms with Crippen molar-refractivity contribution in [3.8, 4) is 0 Å². The van der Waals surface area contributed by atoms with Crippen LogP contribution in [0.4, 0.5) is 26.3 Å². The Hall–Kier alpha value is -2.96. The van der Waals surface area contributed by atoms with Crippen LogP contribution < -0.4 is 5.32 Å². The summed E-state index contributed by atoms with van der Waals surface area (Å²) in [6.45, 7) is 1.73. The number of hydrogen-bond donors (Lipinski definition) is 2. The van der Waals surface area contributed by atoms with E-state index in [0.717, 1.165) is 11.6 Å². The molecule has 0 bridgehead atoms. The Morgan fingerprint density at radius 1 is 1.03 bits per heavy atom. The first kappa shape index (κ1) is 24.1. The smallest absolute Gasteiger partial charge is 0.475 e. The van der Waals surface area contributed by atoms with Gasteiger partial charge in [0.1, 0.15) is 0 Å². The van der Waals surface area contributed by atoms with E-state index in [1.165, 1.54) is 6.07 Å². The highest BCUT2D eigenvalue weighted by molar-refractivity contribution is 7.16. The van der Waals surface area contributed by atoms with Gasteiger partial charge >= 0.3 is 18.3 Å². The predicted octanol–water partition coefficient (Wildman–Crippen LogP) is 4.01. The third-order valence-corrected chi connectivity index (χ3v) is 4.17. The summed E-state index contributed by atoms with van der Waals surface area (Å²) < 4.78 is 68.7. The minimum absolute atomic E-state index is 0.0448. The Morgan fingerprint density at radius 3 is 2.03 bits per heavy atom. The average molecular weight is 442 g/mol. The summed E-state index contributed by atoms with van der Waals surface area (Å²) >= 11 is 0.516. The number of carboxylic acids is 1. The number of nitrogens with one attached hydrogen (secondary N) is 1. The second-order valence-electron chi connectivity index (χ2n) is 5.28. The molecule has 0 radical (unpaired) electrons. The second kappa shape index (κ2) is 9.49. The van der Waals surface area contributed by atoms with Crippen molar-refractivity contribution in [2.45, 2.75) is 25.3 Å². The van der Waals surface area contributed by atoms with Crippen molar-refractivity contribution < 1.29 is 45.8 Å². The number of pyridine rings is 1. The third kappa shape index (κ3) is 7.52. The molecule has 0 fully saturated rings. The van der Waals surface area contributed by atoms with Gasteiger partial charge in [0.25, 0.3) is 11.7 Å². The third-order valence-electron chi connectivity index (χ3n) is 3.09. The summed E-state index contributed by atoms with van der Waals surface area (Å²) in [5, 5.41) is 9.77. The van der Waals surface area contributed by atoms with E-state index >= 15 is 0 Å². The largest absolute Gasteiger partial charge is 0.490 e. The van der Waals surface area contributed by atoms with Gasteiger partial charge in [0.15, 0.2) is 0 Å². The number of hydrogen-bond acceptors (Lipinski definition) is 5. The molecule has 2 heterocycles. The van der Waals surface area contributed by atoms with Crippen molar-refractivity contribution in [3.05, 3.63) is 52.0 Å². The number of rotatable bonds is 4. The maximum absolute atomic E-state index is 12.3. The molecule has 0 spiro atoms. The van der Waals surface area contributed by atoms with Crippen molar-refractivity contribution in [2.75, 3.05) is 0 Å². The molecule has 0 aliphatic carbocycles. The molecule has 1 atom stereocenters. The zero-order valence-corrected chi connectivity index (χ0v) is 15.2. The molecule has 1 unspecified atom stereocenters. The van der Waals surface area contributed by atoms with Crippen LogP contribution in [0, 0.1) is 0 Å². The van der Waals surface area contributed by atoms with E-state index in [1.807, 2.05) is 0 Å². The molecule has 2 aromatic rings. The molecule has 29 heavy (non-hydrogen) atoms. The van der Waals surface area contributed by atoms with Crippen LogP contribution in [0.5, 0.6) is 0 Å². The average Bonchev–Trinajstić information content (AvgIpc) is 3.10. The normalized spacial score (nSPS) is 12.4. The topological polar surface area (TPSA) is 96.4 Å². The summed E-state index contributed by atoms with van der Waals surface area (Å²) in [7, 11) is 0. The van der Waals surface area contributed by atoms with Gasteiger partial charge in [0.05, 0.1) is 15.8 Å². The molecule has 2 aromatic heterocycles. The highest BCUT2D eigenvalue weighted by Gasteiger charge is 2.40. The Labute approximate surface area is 163 Å². The lowest BCUT2D eigenvalue weighted by atomic mass is 10.1. The highest BCUT2D eigenvalue weighted by atomic mass is 32.1. The summed E-state index contributed by atoms with van der Waals surface area (Å²) in [5.41, 5.74) is 0.763. The van der Waals surface area contributed by atoms with Gasteiger partial charge in [0, 0.05) is 12.4 Å². The first-order chi connectivity index (χ1) is 13.2. The van der Waals surface area contributed by atoms with Gasteiger partial charge in [-0.25, -0.2) is 4.79 Å². The summed E-state index contributed by atoms with van der Waals surface area (Å²) in [4.78, 5) is 35.4. The number of carboxylic acid groups (broad SMARTS) is 1. The summed E-state index contributed by atoms with van der Waals surface area (Å²) in [5.74, 6) is -5.24. The fourth-order valence-electron chi connectivity index (χ4n) is 1.70. The van der Waals surface area contributed by atoms with Crippen LogP contribution in [0.15, 0.2) is 36.7 Å². The zero-order chi connectivity index (χ0) is 22.4. The van der Waals surface area contributed by atoms with Crippen LogP contribution in [0.2, 0.25) is 0 Å². The monoisotopic (exact) mass is 442 g/mol. The van der Waals surface area contributed by atoms with Crippen LogP contribution in [-0.4, -0.2) is 40.1 Å². The predicted molar refractivity (Wildman–Crippen MR) is 88.5 cm³/mol. The Bertz CT molecular complexity index is 864. The van der Waals surface area contributed by atoms with Crippen LogP contribution in [0.1, 0.15) is 37.9 Å². The minimum atomic E-state index is -5.08. The molecular formula is C16H12F6N2O4S. The maximum Gasteiger partial charge on any atom is 0.490 e. The number of carbonyl (C=O) groups excluding carboxylic acids is 2. The Balaban J connectivity index is 0.000000516. The van der Waals surface area contributed by atoms with Crippen LogP contribution >= 0.6 is 11.3 Å². The summed E-state index contributed by atoms with van der Waals surface area (Å²) in [6.07, 6.45) is -6.86. The van der Waals surface area contributed by atoms with E-state index < -0.39 is 34.9 Å².